The van der Waals surface area contributed by atoms with Crippen LogP contribution in [0.3, 0.4) is 0 Å². The largest absolute Gasteiger partial charge is 0.481 e. The summed E-state index contributed by atoms with van der Waals surface area (Å²) in [6.45, 7) is 0.425. The van der Waals surface area contributed by atoms with Crippen molar-refractivity contribution in [3.63, 3.8) is 0 Å². The van der Waals surface area contributed by atoms with Crippen molar-refractivity contribution in [1.29, 1.82) is 0 Å². The number of benzene rings is 1. The van der Waals surface area contributed by atoms with Crippen molar-refractivity contribution in [3.05, 3.63) is 34.6 Å². The second kappa shape index (κ2) is 6.57. The van der Waals surface area contributed by atoms with Gasteiger partial charge in [0.05, 0.1) is 5.92 Å². The fraction of sp³-hybridized carbons (Fsp3) is 0.417. The van der Waals surface area contributed by atoms with E-state index >= 15 is 0 Å². The predicted octanol–water partition coefficient (Wildman–Crippen LogP) is 2.46. The van der Waals surface area contributed by atoms with Gasteiger partial charge in [0, 0.05) is 10.6 Å². The van der Waals surface area contributed by atoms with Gasteiger partial charge in [0.15, 0.2) is 0 Å². The Morgan fingerprint density at radius 2 is 2.24 bits per heavy atom. The summed E-state index contributed by atoms with van der Waals surface area (Å²) in [6, 6.07) is 4.34. The van der Waals surface area contributed by atoms with Crippen LogP contribution in [-0.4, -0.2) is 17.6 Å². The number of rotatable bonds is 6. The maximum absolute atomic E-state index is 13.5. The highest BCUT2D eigenvalue weighted by molar-refractivity contribution is 6.31. The van der Waals surface area contributed by atoms with Gasteiger partial charge in [-0.25, -0.2) is 4.39 Å². The Balaban J connectivity index is 2.82. The molecule has 0 aliphatic rings. The van der Waals surface area contributed by atoms with Gasteiger partial charge in [-0.05, 0) is 37.9 Å². The topological polar surface area (TPSA) is 63.3 Å². The molecular formula is C12H15ClFNO2. The molecule has 3 nitrogen and oxygen atoms in total. The smallest absolute Gasteiger partial charge is 0.306 e. The summed E-state index contributed by atoms with van der Waals surface area (Å²) in [7, 11) is 0. The lowest BCUT2D eigenvalue weighted by Gasteiger charge is -2.13. The van der Waals surface area contributed by atoms with Crippen LogP contribution < -0.4 is 5.73 Å². The van der Waals surface area contributed by atoms with Crippen LogP contribution in [0.1, 0.15) is 18.4 Å². The van der Waals surface area contributed by atoms with Crippen molar-refractivity contribution < 1.29 is 14.3 Å². The van der Waals surface area contributed by atoms with Crippen LogP contribution in [0.25, 0.3) is 0 Å². The van der Waals surface area contributed by atoms with Crippen LogP contribution in [0.15, 0.2) is 18.2 Å². The molecule has 94 valence electrons. The summed E-state index contributed by atoms with van der Waals surface area (Å²) >= 11 is 5.85. The summed E-state index contributed by atoms with van der Waals surface area (Å²) in [5.41, 5.74) is 5.60. The molecule has 1 aromatic rings. The van der Waals surface area contributed by atoms with Crippen molar-refractivity contribution in [2.45, 2.75) is 19.3 Å². The van der Waals surface area contributed by atoms with Gasteiger partial charge in [0.2, 0.25) is 0 Å². The van der Waals surface area contributed by atoms with E-state index in [9.17, 15) is 9.18 Å². The number of carbonyl (C=O) groups is 1. The number of aliphatic carboxylic acids is 1. The number of halogens is 2. The fourth-order valence-electron chi connectivity index (χ4n) is 1.65. The van der Waals surface area contributed by atoms with Crippen LogP contribution in [0.2, 0.25) is 5.02 Å². The molecule has 1 aromatic carbocycles. The van der Waals surface area contributed by atoms with Gasteiger partial charge in [-0.15, -0.1) is 0 Å². The van der Waals surface area contributed by atoms with E-state index in [4.69, 9.17) is 22.4 Å². The molecule has 0 heterocycles. The Morgan fingerprint density at radius 3 is 2.76 bits per heavy atom. The van der Waals surface area contributed by atoms with Crippen molar-refractivity contribution in [1.82, 2.24) is 0 Å². The standard InChI is InChI=1S/C12H15ClFNO2/c13-10-4-1-5-11(14)9(10)7-8(12(16)17)3-2-6-15/h1,4-5,8H,2-3,6-7,15H2,(H,16,17). The first-order valence-electron chi connectivity index (χ1n) is 5.42. The molecule has 0 aliphatic heterocycles. The average molecular weight is 260 g/mol. The van der Waals surface area contributed by atoms with E-state index < -0.39 is 17.7 Å². The fourth-order valence-corrected chi connectivity index (χ4v) is 1.89. The normalized spacial score (nSPS) is 12.4. The monoisotopic (exact) mass is 259 g/mol. The minimum atomic E-state index is -0.947. The van der Waals surface area contributed by atoms with Crippen molar-refractivity contribution in [2.24, 2.45) is 11.7 Å². The van der Waals surface area contributed by atoms with Crippen molar-refractivity contribution >= 4 is 17.6 Å². The second-order valence-electron chi connectivity index (χ2n) is 3.87. The highest BCUT2D eigenvalue weighted by Gasteiger charge is 2.20. The third-order valence-electron chi connectivity index (χ3n) is 2.62. The van der Waals surface area contributed by atoms with Gasteiger partial charge in [0.1, 0.15) is 5.82 Å². The lowest BCUT2D eigenvalue weighted by Crippen LogP contribution is -2.18. The number of carboxylic acids is 1. The molecule has 0 saturated heterocycles. The van der Waals surface area contributed by atoms with E-state index in [-0.39, 0.29) is 17.0 Å². The van der Waals surface area contributed by atoms with Crippen molar-refractivity contribution in [3.8, 4) is 0 Å². The Bertz CT molecular complexity index is 378. The molecule has 17 heavy (non-hydrogen) atoms. The number of nitrogens with two attached hydrogens (primary N) is 1. The minimum Gasteiger partial charge on any atom is -0.481 e. The summed E-state index contributed by atoms with van der Waals surface area (Å²) in [5.74, 6) is -2.05. The summed E-state index contributed by atoms with van der Waals surface area (Å²) in [6.07, 6.45) is 1.13. The van der Waals surface area contributed by atoms with Gasteiger partial charge >= 0.3 is 5.97 Å². The zero-order valence-corrected chi connectivity index (χ0v) is 10.1. The van der Waals surface area contributed by atoms with E-state index in [2.05, 4.69) is 0 Å². The first-order valence-corrected chi connectivity index (χ1v) is 5.79. The van der Waals surface area contributed by atoms with Crippen molar-refractivity contribution in [2.75, 3.05) is 6.54 Å². The third kappa shape index (κ3) is 3.98. The van der Waals surface area contributed by atoms with E-state index in [0.717, 1.165) is 0 Å². The van der Waals surface area contributed by atoms with E-state index in [0.29, 0.717) is 19.4 Å². The molecule has 0 fully saturated rings. The highest BCUT2D eigenvalue weighted by Crippen LogP contribution is 2.24. The van der Waals surface area contributed by atoms with Gasteiger partial charge in [-0.2, -0.15) is 0 Å². The van der Waals surface area contributed by atoms with E-state index in [1.807, 2.05) is 0 Å². The molecule has 0 saturated carbocycles. The van der Waals surface area contributed by atoms with Crippen LogP contribution in [0.4, 0.5) is 4.39 Å². The molecule has 0 spiro atoms. The zero-order chi connectivity index (χ0) is 12.8. The number of hydrogen-bond acceptors (Lipinski definition) is 2. The maximum atomic E-state index is 13.5. The number of hydrogen-bond donors (Lipinski definition) is 2. The Kier molecular flexibility index (Phi) is 5.38. The first kappa shape index (κ1) is 13.9. The molecule has 1 atom stereocenters. The molecule has 0 bridgehead atoms. The Labute approximate surface area is 104 Å². The quantitative estimate of drug-likeness (QED) is 0.825. The molecule has 1 unspecified atom stereocenters. The van der Waals surface area contributed by atoms with Gasteiger partial charge in [-0.3, -0.25) is 4.79 Å². The van der Waals surface area contributed by atoms with Crippen LogP contribution >= 0.6 is 11.6 Å². The average Bonchev–Trinajstić information content (AvgIpc) is 2.27. The minimum absolute atomic E-state index is 0.0981. The Hall–Kier alpha value is -1.13. The molecule has 3 N–H and O–H groups in total. The molecular weight excluding hydrogens is 245 g/mol. The van der Waals surface area contributed by atoms with Crippen LogP contribution in [0.5, 0.6) is 0 Å². The Morgan fingerprint density at radius 1 is 1.53 bits per heavy atom. The first-order chi connectivity index (χ1) is 8.06. The van der Waals surface area contributed by atoms with Gasteiger partial charge in [0.25, 0.3) is 0 Å². The second-order valence-corrected chi connectivity index (χ2v) is 4.28. The zero-order valence-electron chi connectivity index (χ0n) is 9.33. The van der Waals surface area contributed by atoms with Crippen LogP contribution in [-0.2, 0) is 11.2 Å². The lowest BCUT2D eigenvalue weighted by molar-refractivity contribution is -0.141. The van der Waals surface area contributed by atoms with E-state index in [1.165, 1.54) is 12.1 Å². The molecule has 0 radical (unpaired) electrons. The molecule has 0 amide bonds. The van der Waals surface area contributed by atoms with Crippen LogP contribution in [0, 0.1) is 11.7 Å². The number of carboxylic acid groups (broad SMARTS) is 1. The molecule has 5 heteroatoms. The lowest BCUT2D eigenvalue weighted by atomic mass is 9.94. The summed E-state index contributed by atoms with van der Waals surface area (Å²) < 4.78 is 13.5. The summed E-state index contributed by atoms with van der Waals surface area (Å²) in [4.78, 5) is 11.0. The molecule has 1 rings (SSSR count). The maximum Gasteiger partial charge on any atom is 0.306 e. The molecule has 0 aliphatic carbocycles. The van der Waals surface area contributed by atoms with Gasteiger partial charge in [-0.1, -0.05) is 17.7 Å². The SMILES string of the molecule is NCCCC(Cc1c(F)cccc1Cl)C(=O)O. The molecule has 0 aromatic heterocycles. The summed E-state index contributed by atoms with van der Waals surface area (Å²) in [5, 5.41) is 9.30. The van der Waals surface area contributed by atoms with Gasteiger partial charge < -0.3 is 10.8 Å². The predicted molar refractivity (Wildman–Crippen MR) is 64.5 cm³/mol. The van der Waals surface area contributed by atoms with E-state index in [1.54, 1.807) is 6.07 Å². The third-order valence-corrected chi connectivity index (χ3v) is 2.97. The highest BCUT2D eigenvalue weighted by atomic mass is 35.5.